The summed E-state index contributed by atoms with van der Waals surface area (Å²) >= 11 is 0. The first kappa shape index (κ1) is 71.1. The maximum Gasteiger partial charge on any atom is 0.472 e. The van der Waals surface area contributed by atoms with E-state index < -0.39 is 57.8 Å². The summed E-state index contributed by atoms with van der Waals surface area (Å²) in [5.41, 5.74) is 0. The Labute approximate surface area is 460 Å². The largest absolute Gasteiger partial charge is 0.472 e. The number of allylic oxidation sites excluding steroid dienone is 26. The number of esters is 3. The SMILES string of the molecule is CC/C=C\C/C=C\C/C=C\C/C=C\C/C=C\C/C=C\CCC(=O)OC(COC(=O)CCCCCCC/C=C\C/C=C\C/C=C\CC)COP(=O)(O)OCC(CO)OC(=O)CCCC/C=C\C/C=C\C/C=C\C/C=C\CC. The molecule has 0 aromatic carbocycles. The molecule has 0 saturated heterocycles. The monoisotopic (exact) mass is 1070 g/mol. The van der Waals surface area contributed by atoms with E-state index in [0.717, 1.165) is 122 Å². The number of rotatable bonds is 50. The summed E-state index contributed by atoms with van der Waals surface area (Å²) in [5.74, 6) is -1.65. The van der Waals surface area contributed by atoms with Gasteiger partial charge in [-0.1, -0.05) is 198 Å². The summed E-state index contributed by atoms with van der Waals surface area (Å²) in [6, 6.07) is 0. The van der Waals surface area contributed by atoms with E-state index in [9.17, 15) is 28.9 Å². The molecule has 0 amide bonds. The molecule has 0 rings (SSSR count). The predicted octanol–water partition coefficient (Wildman–Crippen LogP) is 16.9. The minimum atomic E-state index is -4.80. The smallest absolute Gasteiger partial charge is 0.462 e. The highest BCUT2D eigenvalue weighted by molar-refractivity contribution is 7.47. The molecule has 3 atom stereocenters. The molecule has 0 aromatic rings. The third-order valence-electron chi connectivity index (χ3n) is 10.9. The van der Waals surface area contributed by atoms with E-state index in [1.165, 1.54) is 0 Å². The van der Waals surface area contributed by atoms with Gasteiger partial charge in [-0.15, -0.1) is 0 Å². The molecule has 0 aromatic heterocycles. The Balaban J connectivity index is 4.94. The highest BCUT2D eigenvalue weighted by Gasteiger charge is 2.28. The van der Waals surface area contributed by atoms with Crippen LogP contribution in [0.2, 0.25) is 0 Å². The molecular formula is C64H99O11P. The number of aliphatic hydroxyl groups is 1. The first-order chi connectivity index (χ1) is 37.2. The minimum absolute atomic E-state index is 0.0255. The maximum atomic E-state index is 12.9. The van der Waals surface area contributed by atoms with Gasteiger partial charge >= 0.3 is 25.7 Å². The first-order valence-electron chi connectivity index (χ1n) is 28.4. The lowest BCUT2D eigenvalue weighted by atomic mass is 10.1. The quantitative estimate of drug-likeness (QED) is 0.0197. The van der Waals surface area contributed by atoms with Crippen molar-refractivity contribution in [2.75, 3.05) is 26.4 Å². The molecule has 0 spiro atoms. The molecule has 0 aliphatic heterocycles. The van der Waals surface area contributed by atoms with Crippen molar-refractivity contribution in [3.05, 3.63) is 158 Å². The third-order valence-corrected chi connectivity index (χ3v) is 11.9. The van der Waals surface area contributed by atoms with Crippen LogP contribution in [-0.4, -0.2) is 66.5 Å². The standard InChI is InChI=1S/C64H99O11P/c1-4-7-10-13-16-19-22-25-28-29-30-31-34-37-40-43-46-49-52-55-64(68)75-61(57-71-62(66)53-50-47-44-41-38-35-32-26-23-20-17-14-11-8-5-2)59-73-76(69,70)72-58-60(56-65)74-63(67)54-51-48-45-42-39-36-33-27-24-21-18-15-12-9-6-3/h7-12,16-21,25-28,30-33,37,39-40,42,46,49,60-61,65H,4-6,13-15,22-24,29,34-36,38,41,43-45,47-48,50-59H2,1-3H3,(H,69,70)/b10-7-,11-8-,12-9-,19-16-,20-17-,21-18-,28-25-,31-30-,32-26-,33-27-,40-37-,42-39-,49-46-. The zero-order chi connectivity index (χ0) is 55.5. The van der Waals surface area contributed by atoms with Gasteiger partial charge in [-0.2, -0.15) is 0 Å². The number of ether oxygens (including phenoxy) is 3. The zero-order valence-electron chi connectivity index (χ0n) is 46.9. The number of phosphoric ester groups is 1. The lowest BCUT2D eigenvalue weighted by Crippen LogP contribution is -2.30. The lowest BCUT2D eigenvalue weighted by Gasteiger charge is -2.21. The molecule has 0 bridgehead atoms. The van der Waals surface area contributed by atoms with Crippen LogP contribution in [0.3, 0.4) is 0 Å². The molecule has 12 heteroatoms. The molecule has 0 heterocycles. The highest BCUT2D eigenvalue weighted by atomic mass is 31.2. The van der Waals surface area contributed by atoms with Gasteiger partial charge in [-0.05, 0) is 128 Å². The van der Waals surface area contributed by atoms with Crippen LogP contribution in [-0.2, 0) is 42.2 Å². The van der Waals surface area contributed by atoms with Crippen molar-refractivity contribution in [1.82, 2.24) is 0 Å². The van der Waals surface area contributed by atoms with Gasteiger partial charge in [0.15, 0.2) is 6.10 Å². The van der Waals surface area contributed by atoms with Gasteiger partial charge in [0.05, 0.1) is 19.8 Å². The Hall–Kier alpha value is -4.90. The summed E-state index contributed by atoms with van der Waals surface area (Å²) in [5, 5.41) is 9.81. The van der Waals surface area contributed by atoms with E-state index in [0.29, 0.717) is 25.7 Å². The van der Waals surface area contributed by atoms with Crippen LogP contribution in [0.25, 0.3) is 0 Å². The van der Waals surface area contributed by atoms with E-state index in [-0.39, 0.29) is 25.9 Å². The van der Waals surface area contributed by atoms with Crippen LogP contribution in [0.4, 0.5) is 0 Å². The number of carbonyl (C=O) groups is 3. The van der Waals surface area contributed by atoms with Gasteiger partial charge in [0.25, 0.3) is 0 Å². The molecular weight excluding hydrogens is 976 g/mol. The van der Waals surface area contributed by atoms with Crippen LogP contribution in [0.5, 0.6) is 0 Å². The maximum absolute atomic E-state index is 12.9. The van der Waals surface area contributed by atoms with E-state index in [2.05, 4.69) is 167 Å². The fourth-order valence-corrected chi connectivity index (χ4v) is 7.52. The average molecular weight is 1080 g/mol. The molecule has 0 fully saturated rings. The van der Waals surface area contributed by atoms with Crippen molar-refractivity contribution >= 4 is 25.7 Å². The summed E-state index contributed by atoms with van der Waals surface area (Å²) in [4.78, 5) is 48.5. The number of phosphoric acid groups is 1. The van der Waals surface area contributed by atoms with Gasteiger partial charge in [0, 0.05) is 19.3 Å². The summed E-state index contributed by atoms with van der Waals surface area (Å²) in [6.07, 6.45) is 73.7. The van der Waals surface area contributed by atoms with E-state index in [1.807, 2.05) is 12.2 Å². The molecule has 0 aliphatic rings. The molecule has 76 heavy (non-hydrogen) atoms. The molecule has 3 unspecified atom stereocenters. The summed E-state index contributed by atoms with van der Waals surface area (Å²) in [7, 11) is -4.80. The second-order valence-electron chi connectivity index (χ2n) is 18.0. The van der Waals surface area contributed by atoms with E-state index >= 15 is 0 Å². The van der Waals surface area contributed by atoms with Gasteiger partial charge < -0.3 is 24.2 Å². The van der Waals surface area contributed by atoms with Crippen LogP contribution in [0.15, 0.2) is 158 Å². The molecule has 2 N–H and O–H groups in total. The summed E-state index contributed by atoms with van der Waals surface area (Å²) in [6.45, 7) is 4.12. The Kier molecular flexibility index (Phi) is 52.7. The van der Waals surface area contributed by atoms with Crippen molar-refractivity contribution in [1.29, 1.82) is 0 Å². The van der Waals surface area contributed by atoms with E-state index in [4.69, 9.17) is 23.3 Å². The zero-order valence-corrected chi connectivity index (χ0v) is 47.8. The molecule has 426 valence electrons. The predicted molar refractivity (Wildman–Crippen MR) is 315 cm³/mol. The number of aliphatic hydroxyl groups excluding tert-OH is 1. The Bertz CT molecular complexity index is 1880. The molecule has 0 saturated carbocycles. The Morgan fingerprint density at radius 1 is 0.368 bits per heavy atom. The van der Waals surface area contributed by atoms with Gasteiger partial charge in [-0.3, -0.25) is 23.4 Å². The topological polar surface area (TPSA) is 155 Å². The van der Waals surface area contributed by atoms with Crippen LogP contribution in [0.1, 0.15) is 188 Å². The number of unbranched alkanes of at least 4 members (excludes halogenated alkanes) is 7. The normalized spacial score (nSPS) is 14.5. The van der Waals surface area contributed by atoms with Crippen molar-refractivity contribution in [3.8, 4) is 0 Å². The first-order valence-corrected chi connectivity index (χ1v) is 29.9. The average Bonchev–Trinajstić information content (AvgIpc) is 3.41. The van der Waals surface area contributed by atoms with Gasteiger partial charge in [-0.25, -0.2) is 4.57 Å². The lowest BCUT2D eigenvalue weighted by molar-refractivity contribution is -0.161. The van der Waals surface area contributed by atoms with Crippen molar-refractivity contribution in [3.63, 3.8) is 0 Å². The minimum Gasteiger partial charge on any atom is -0.462 e. The van der Waals surface area contributed by atoms with Gasteiger partial charge in [0.1, 0.15) is 12.7 Å². The number of carbonyl (C=O) groups excluding carboxylic acids is 3. The van der Waals surface area contributed by atoms with Crippen LogP contribution < -0.4 is 0 Å². The second kappa shape index (κ2) is 56.3. The molecule has 0 aliphatic carbocycles. The Morgan fingerprint density at radius 3 is 1.09 bits per heavy atom. The van der Waals surface area contributed by atoms with Crippen LogP contribution >= 0.6 is 7.82 Å². The summed E-state index contributed by atoms with van der Waals surface area (Å²) < 4.78 is 39.4. The number of hydrogen-bond donors (Lipinski definition) is 2. The van der Waals surface area contributed by atoms with Crippen molar-refractivity contribution in [2.24, 2.45) is 0 Å². The van der Waals surface area contributed by atoms with Crippen LogP contribution in [0, 0.1) is 0 Å². The Morgan fingerprint density at radius 2 is 0.671 bits per heavy atom. The van der Waals surface area contributed by atoms with Crippen molar-refractivity contribution in [2.45, 2.75) is 200 Å². The molecule has 11 nitrogen and oxygen atoms in total. The fourth-order valence-electron chi connectivity index (χ4n) is 6.74. The fraction of sp³-hybridized carbons (Fsp3) is 0.547. The van der Waals surface area contributed by atoms with E-state index in [1.54, 1.807) is 0 Å². The number of hydrogen-bond acceptors (Lipinski definition) is 10. The second-order valence-corrected chi connectivity index (χ2v) is 19.4. The third kappa shape index (κ3) is 53.9. The highest BCUT2D eigenvalue weighted by Crippen LogP contribution is 2.43. The molecule has 0 radical (unpaired) electrons. The van der Waals surface area contributed by atoms with Gasteiger partial charge in [0.2, 0.25) is 0 Å². The van der Waals surface area contributed by atoms with Crippen molar-refractivity contribution < 1.29 is 52.2 Å².